The second-order valence-electron chi connectivity index (χ2n) is 9.23. The van der Waals surface area contributed by atoms with Crippen molar-refractivity contribution in [2.45, 2.75) is 45.1 Å². The standard InChI is InChI=1S/C22H37N5O2/c1-25-9-11-27(12-10-25)22(28)14-18-5-6-23-16-19(18)13-20-15-21(29-24-20)17-26-7-3-2-4-8-26/h15,18-19,23H,2-14,16-17H2,1H3/t18-,19+/m1/s1. The van der Waals surface area contributed by atoms with Crippen molar-refractivity contribution >= 4 is 5.91 Å². The number of likely N-dealkylation sites (N-methyl/N-ethyl adjacent to an activating group) is 1. The second-order valence-corrected chi connectivity index (χ2v) is 9.23. The van der Waals surface area contributed by atoms with E-state index in [-0.39, 0.29) is 0 Å². The molecule has 0 unspecified atom stereocenters. The lowest BCUT2D eigenvalue weighted by Gasteiger charge is -2.36. The van der Waals surface area contributed by atoms with E-state index in [4.69, 9.17) is 4.52 Å². The molecular formula is C22H37N5O2. The quantitative estimate of drug-likeness (QED) is 0.778. The maximum absolute atomic E-state index is 12.8. The maximum atomic E-state index is 12.8. The monoisotopic (exact) mass is 403 g/mol. The first-order valence-corrected chi connectivity index (χ1v) is 11.5. The van der Waals surface area contributed by atoms with Crippen LogP contribution in [0.4, 0.5) is 0 Å². The predicted octanol–water partition coefficient (Wildman–Crippen LogP) is 1.59. The minimum Gasteiger partial charge on any atom is -0.360 e. The SMILES string of the molecule is CN1CCN(C(=O)C[C@H]2CCNC[C@@H]2Cc2cc(CN3CCCCC3)on2)CC1. The van der Waals surface area contributed by atoms with Crippen LogP contribution in [-0.4, -0.2) is 85.2 Å². The highest BCUT2D eigenvalue weighted by atomic mass is 16.5. The number of carbonyl (C=O) groups is 1. The largest absolute Gasteiger partial charge is 0.360 e. The zero-order valence-corrected chi connectivity index (χ0v) is 17.9. The van der Waals surface area contributed by atoms with Gasteiger partial charge < -0.3 is 19.6 Å². The third kappa shape index (κ3) is 5.80. The van der Waals surface area contributed by atoms with E-state index in [2.05, 4.69) is 38.3 Å². The molecule has 3 fully saturated rings. The van der Waals surface area contributed by atoms with Crippen LogP contribution in [0.2, 0.25) is 0 Å². The van der Waals surface area contributed by atoms with Gasteiger partial charge in [0.25, 0.3) is 0 Å². The lowest BCUT2D eigenvalue weighted by Crippen LogP contribution is -2.48. The molecule has 0 saturated carbocycles. The molecule has 0 radical (unpaired) electrons. The van der Waals surface area contributed by atoms with Crippen LogP contribution in [0.15, 0.2) is 10.6 Å². The molecule has 3 aliphatic heterocycles. The Morgan fingerprint density at radius 1 is 1.14 bits per heavy atom. The molecule has 1 amide bonds. The van der Waals surface area contributed by atoms with Gasteiger partial charge in [0, 0.05) is 38.7 Å². The number of carbonyl (C=O) groups excluding carboxylic acids is 1. The van der Waals surface area contributed by atoms with Gasteiger partial charge in [-0.25, -0.2) is 0 Å². The summed E-state index contributed by atoms with van der Waals surface area (Å²) >= 11 is 0. The Morgan fingerprint density at radius 3 is 2.72 bits per heavy atom. The molecule has 1 aromatic rings. The number of rotatable bonds is 6. The number of piperidine rings is 2. The van der Waals surface area contributed by atoms with Crippen molar-refractivity contribution in [1.82, 2.24) is 25.2 Å². The van der Waals surface area contributed by atoms with E-state index in [0.29, 0.717) is 24.2 Å². The van der Waals surface area contributed by atoms with Crippen LogP contribution in [0.3, 0.4) is 0 Å². The first-order chi connectivity index (χ1) is 14.2. The van der Waals surface area contributed by atoms with Gasteiger partial charge in [-0.1, -0.05) is 11.6 Å². The Balaban J connectivity index is 1.30. The lowest BCUT2D eigenvalue weighted by molar-refractivity contribution is -0.134. The normalized spacial score (nSPS) is 27.3. The molecule has 2 atom stereocenters. The van der Waals surface area contributed by atoms with Crippen LogP contribution >= 0.6 is 0 Å². The third-order valence-corrected chi connectivity index (χ3v) is 6.97. The van der Waals surface area contributed by atoms with Crippen LogP contribution < -0.4 is 5.32 Å². The average molecular weight is 404 g/mol. The number of nitrogens with one attached hydrogen (secondary N) is 1. The smallest absolute Gasteiger partial charge is 0.222 e. The molecule has 4 heterocycles. The van der Waals surface area contributed by atoms with Gasteiger partial charge in [-0.2, -0.15) is 0 Å². The highest BCUT2D eigenvalue weighted by Crippen LogP contribution is 2.27. The minimum absolute atomic E-state index is 0.334. The molecule has 7 nitrogen and oxygen atoms in total. The van der Waals surface area contributed by atoms with Crippen molar-refractivity contribution in [2.24, 2.45) is 11.8 Å². The highest BCUT2D eigenvalue weighted by Gasteiger charge is 2.30. The van der Waals surface area contributed by atoms with Crippen LogP contribution in [0.5, 0.6) is 0 Å². The minimum atomic E-state index is 0.334. The van der Waals surface area contributed by atoms with E-state index in [1.165, 1.54) is 32.4 Å². The number of piperazine rings is 1. The van der Waals surface area contributed by atoms with Gasteiger partial charge >= 0.3 is 0 Å². The van der Waals surface area contributed by atoms with Crippen molar-refractivity contribution in [3.05, 3.63) is 17.5 Å². The first-order valence-electron chi connectivity index (χ1n) is 11.5. The fraction of sp³-hybridized carbons (Fsp3) is 0.818. The third-order valence-electron chi connectivity index (χ3n) is 6.97. The molecule has 4 rings (SSSR count). The van der Waals surface area contributed by atoms with Gasteiger partial charge in [0.1, 0.15) is 0 Å². The van der Waals surface area contributed by atoms with E-state index in [9.17, 15) is 4.79 Å². The lowest BCUT2D eigenvalue weighted by atomic mass is 9.81. The zero-order valence-electron chi connectivity index (χ0n) is 17.9. The molecule has 1 N–H and O–H groups in total. The summed E-state index contributed by atoms with van der Waals surface area (Å²) < 4.78 is 5.64. The Bertz CT molecular complexity index is 649. The molecule has 3 aliphatic rings. The summed E-state index contributed by atoms with van der Waals surface area (Å²) in [6.45, 7) is 8.90. The number of aromatic nitrogens is 1. The Labute approximate surface area is 174 Å². The Kier molecular flexibility index (Phi) is 7.21. The first kappa shape index (κ1) is 20.8. The Hall–Kier alpha value is -1.44. The van der Waals surface area contributed by atoms with Gasteiger partial charge in [0.05, 0.1) is 12.2 Å². The van der Waals surface area contributed by atoms with E-state index in [0.717, 1.165) is 70.1 Å². The summed E-state index contributed by atoms with van der Waals surface area (Å²) in [5, 5.41) is 7.88. The summed E-state index contributed by atoms with van der Waals surface area (Å²) in [5.74, 6) is 2.20. The van der Waals surface area contributed by atoms with Crippen molar-refractivity contribution in [2.75, 3.05) is 59.4 Å². The molecule has 0 bridgehead atoms. The summed E-state index contributed by atoms with van der Waals surface area (Å²) in [6, 6.07) is 2.14. The number of nitrogens with zero attached hydrogens (tertiary/aromatic N) is 4. The summed E-state index contributed by atoms with van der Waals surface area (Å²) in [6.07, 6.45) is 6.57. The maximum Gasteiger partial charge on any atom is 0.222 e. The van der Waals surface area contributed by atoms with E-state index >= 15 is 0 Å². The van der Waals surface area contributed by atoms with Gasteiger partial charge in [-0.15, -0.1) is 0 Å². The van der Waals surface area contributed by atoms with E-state index in [1.807, 2.05) is 0 Å². The van der Waals surface area contributed by atoms with Gasteiger partial charge in [0.2, 0.25) is 5.91 Å². The van der Waals surface area contributed by atoms with Crippen molar-refractivity contribution in [3.63, 3.8) is 0 Å². The Morgan fingerprint density at radius 2 is 1.93 bits per heavy atom. The van der Waals surface area contributed by atoms with Crippen molar-refractivity contribution in [1.29, 1.82) is 0 Å². The molecule has 0 aromatic carbocycles. The van der Waals surface area contributed by atoms with Crippen LogP contribution in [-0.2, 0) is 17.8 Å². The van der Waals surface area contributed by atoms with Gasteiger partial charge in [-0.05, 0) is 70.7 Å². The zero-order chi connectivity index (χ0) is 20.1. The van der Waals surface area contributed by atoms with Crippen LogP contribution in [0.1, 0.15) is 43.6 Å². The number of amides is 1. The fourth-order valence-corrected chi connectivity index (χ4v) is 5.03. The number of hydrogen-bond donors (Lipinski definition) is 1. The molecule has 29 heavy (non-hydrogen) atoms. The van der Waals surface area contributed by atoms with E-state index in [1.54, 1.807) is 0 Å². The number of likely N-dealkylation sites (tertiary alicyclic amines) is 1. The summed E-state index contributed by atoms with van der Waals surface area (Å²) in [5.41, 5.74) is 1.04. The highest BCUT2D eigenvalue weighted by molar-refractivity contribution is 5.76. The molecule has 162 valence electrons. The van der Waals surface area contributed by atoms with E-state index < -0.39 is 0 Å². The topological polar surface area (TPSA) is 64.8 Å². The molecule has 0 spiro atoms. The van der Waals surface area contributed by atoms with Crippen molar-refractivity contribution < 1.29 is 9.32 Å². The summed E-state index contributed by atoms with van der Waals surface area (Å²) in [4.78, 5) is 19.7. The van der Waals surface area contributed by atoms with Gasteiger partial charge in [0.15, 0.2) is 5.76 Å². The molecule has 3 saturated heterocycles. The molecule has 1 aromatic heterocycles. The van der Waals surface area contributed by atoms with Crippen molar-refractivity contribution in [3.8, 4) is 0 Å². The second kappa shape index (κ2) is 10.0. The molecule has 0 aliphatic carbocycles. The number of hydrogen-bond acceptors (Lipinski definition) is 6. The van der Waals surface area contributed by atoms with Gasteiger partial charge in [-0.3, -0.25) is 9.69 Å². The van der Waals surface area contributed by atoms with Crippen LogP contribution in [0, 0.1) is 11.8 Å². The fourth-order valence-electron chi connectivity index (χ4n) is 5.03. The molecule has 7 heteroatoms. The average Bonchev–Trinajstić information content (AvgIpc) is 3.17. The molecular weight excluding hydrogens is 366 g/mol. The predicted molar refractivity (Wildman–Crippen MR) is 112 cm³/mol. The summed E-state index contributed by atoms with van der Waals surface area (Å²) in [7, 11) is 2.13. The van der Waals surface area contributed by atoms with Crippen LogP contribution in [0.25, 0.3) is 0 Å².